The van der Waals surface area contributed by atoms with Crippen LogP contribution < -0.4 is 0 Å². The number of pyridine rings is 3. The molecular formula is C39H23N3S. The van der Waals surface area contributed by atoms with Crippen molar-refractivity contribution in [3.8, 4) is 33.4 Å². The first-order chi connectivity index (χ1) is 21.3. The third-order valence-electron chi connectivity index (χ3n) is 8.37. The molecule has 0 N–H and O–H groups in total. The van der Waals surface area contributed by atoms with Gasteiger partial charge in [0.05, 0.1) is 11.0 Å². The van der Waals surface area contributed by atoms with Gasteiger partial charge in [0.2, 0.25) is 0 Å². The van der Waals surface area contributed by atoms with E-state index in [1.807, 2.05) is 42.2 Å². The molecule has 9 rings (SSSR count). The lowest BCUT2D eigenvalue weighted by molar-refractivity contribution is 1.36. The fourth-order valence-electron chi connectivity index (χ4n) is 6.19. The van der Waals surface area contributed by atoms with E-state index >= 15 is 0 Å². The smallest absolute Gasteiger partial charge is 0.0964 e. The number of benzene rings is 5. The second-order valence-corrected chi connectivity index (χ2v) is 12.1. The predicted octanol–water partition coefficient (Wildman–Crippen LogP) is 10.7. The van der Waals surface area contributed by atoms with Crippen LogP contribution in [-0.4, -0.2) is 15.0 Å². The van der Waals surface area contributed by atoms with Crippen LogP contribution in [0.5, 0.6) is 0 Å². The van der Waals surface area contributed by atoms with E-state index in [0.717, 1.165) is 49.4 Å². The van der Waals surface area contributed by atoms with Crippen LogP contribution in [0.15, 0.2) is 140 Å². The summed E-state index contributed by atoms with van der Waals surface area (Å²) in [6, 6.07) is 41.6. The summed E-state index contributed by atoms with van der Waals surface area (Å²) in [6.45, 7) is 0. The van der Waals surface area contributed by atoms with Crippen molar-refractivity contribution < 1.29 is 0 Å². The molecule has 0 saturated heterocycles. The molecule has 0 aliphatic carbocycles. The minimum absolute atomic E-state index is 0.926. The molecule has 3 nitrogen and oxygen atoms in total. The Labute approximate surface area is 251 Å². The molecule has 0 saturated carbocycles. The molecule has 9 aromatic rings. The molecule has 4 aromatic heterocycles. The maximum absolute atomic E-state index is 4.93. The Morgan fingerprint density at radius 1 is 0.395 bits per heavy atom. The van der Waals surface area contributed by atoms with Gasteiger partial charge in [0.25, 0.3) is 0 Å². The van der Waals surface area contributed by atoms with Gasteiger partial charge in [-0.25, -0.2) is 0 Å². The van der Waals surface area contributed by atoms with Gasteiger partial charge in [-0.1, -0.05) is 54.6 Å². The van der Waals surface area contributed by atoms with E-state index in [9.17, 15) is 0 Å². The van der Waals surface area contributed by atoms with E-state index in [2.05, 4.69) is 119 Å². The Kier molecular flexibility index (Phi) is 5.37. The summed E-state index contributed by atoms with van der Waals surface area (Å²) in [5.41, 5.74) is 8.77. The van der Waals surface area contributed by atoms with Gasteiger partial charge >= 0.3 is 0 Å². The third-order valence-corrected chi connectivity index (χ3v) is 9.52. The highest BCUT2D eigenvalue weighted by molar-refractivity contribution is 7.25. The Morgan fingerprint density at radius 2 is 1.12 bits per heavy atom. The highest BCUT2D eigenvalue weighted by Gasteiger charge is 2.12. The van der Waals surface area contributed by atoms with Crippen molar-refractivity contribution in [1.29, 1.82) is 0 Å². The lowest BCUT2D eigenvalue weighted by atomic mass is 9.92. The first-order valence-electron chi connectivity index (χ1n) is 14.3. The Balaban J connectivity index is 1.26. The van der Waals surface area contributed by atoms with E-state index in [1.54, 1.807) is 0 Å². The van der Waals surface area contributed by atoms with Crippen molar-refractivity contribution in [3.05, 3.63) is 140 Å². The zero-order valence-electron chi connectivity index (χ0n) is 23.0. The molecule has 0 radical (unpaired) electrons. The van der Waals surface area contributed by atoms with Crippen LogP contribution in [0.1, 0.15) is 0 Å². The van der Waals surface area contributed by atoms with E-state index in [4.69, 9.17) is 4.98 Å². The molecule has 4 heteroatoms. The first kappa shape index (κ1) is 24.2. The molecule has 0 spiro atoms. The Morgan fingerprint density at radius 3 is 2.05 bits per heavy atom. The second kappa shape index (κ2) is 9.55. The summed E-state index contributed by atoms with van der Waals surface area (Å²) in [5, 5.41) is 7.10. The molecule has 0 aliphatic heterocycles. The van der Waals surface area contributed by atoms with Gasteiger partial charge in [0.15, 0.2) is 0 Å². The summed E-state index contributed by atoms with van der Waals surface area (Å²) < 4.78 is 2.63. The zero-order chi connectivity index (χ0) is 28.3. The van der Waals surface area contributed by atoms with E-state index in [0.29, 0.717) is 0 Å². The fourth-order valence-corrected chi connectivity index (χ4v) is 7.28. The average Bonchev–Trinajstić information content (AvgIpc) is 3.45. The van der Waals surface area contributed by atoms with E-state index in [1.165, 1.54) is 36.7 Å². The summed E-state index contributed by atoms with van der Waals surface area (Å²) in [4.78, 5) is 13.9. The zero-order valence-corrected chi connectivity index (χ0v) is 23.8. The summed E-state index contributed by atoms with van der Waals surface area (Å²) in [6.07, 6.45) is 7.60. The Bertz CT molecular complexity index is 2530. The van der Waals surface area contributed by atoms with Crippen LogP contribution in [0.3, 0.4) is 0 Å². The van der Waals surface area contributed by atoms with Gasteiger partial charge in [-0.3, -0.25) is 15.0 Å². The summed E-state index contributed by atoms with van der Waals surface area (Å²) in [5.74, 6) is 0. The number of thiophene rings is 1. The lowest BCUT2D eigenvalue weighted by Gasteiger charge is -2.13. The van der Waals surface area contributed by atoms with Crippen molar-refractivity contribution in [2.75, 3.05) is 0 Å². The molecule has 0 fully saturated rings. The summed E-state index contributed by atoms with van der Waals surface area (Å²) >= 11 is 1.85. The molecule has 5 aromatic carbocycles. The number of rotatable bonds is 3. The van der Waals surface area contributed by atoms with Gasteiger partial charge in [0, 0.05) is 66.7 Å². The average molecular weight is 566 g/mol. The van der Waals surface area contributed by atoms with Crippen LogP contribution in [0.2, 0.25) is 0 Å². The number of fused-ring (bicyclic) bond motifs is 7. The molecule has 43 heavy (non-hydrogen) atoms. The first-order valence-corrected chi connectivity index (χ1v) is 15.1. The third kappa shape index (κ3) is 4.07. The highest BCUT2D eigenvalue weighted by Crippen LogP contribution is 2.39. The molecular weight excluding hydrogens is 543 g/mol. The molecule has 0 bridgehead atoms. The van der Waals surface area contributed by atoms with E-state index < -0.39 is 0 Å². The Hall–Kier alpha value is -5.45. The molecule has 0 amide bonds. The number of aromatic nitrogens is 3. The van der Waals surface area contributed by atoms with Gasteiger partial charge in [-0.05, 0) is 93.9 Å². The van der Waals surface area contributed by atoms with Crippen LogP contribution in [0, 0.1) is 0 Å². The second-order valence-electron chi connectivity index (χ2n) is 11.0. The van der Waals surface area contributed by atoms with Crippen LogP contribution in [-0.2, 0) is 0 Å². The maximum atomic E-state index is 4.93. The number of hydrogen-bond acceptors (Lipinski definition) is 4. The van der Waals surface area contributed by atoms with Crippen molar-refractivity contribution in [2.45, 2.75) is 0 Å². The monoisotopic (exact) mass is 565 g/mol. The van der Waals surface area contributed by atoms with Crippen molar-refractivity contribution >= 4 is 64.1 Å². The lowest BCUT2D eigenvalue weighted by Crippen LogP contribution is -1.89. The standard InChI is InChI=1S/C39H23N3S/c1-2-6-36-34(5-1)35-21-27(11-12-37(35)43-36)30-18-29(26-9-7-24-13-15-40-22-32(24)16-26)19-31(20-30)33-17-28-10-8-25-4-3-14-41-38(25)39(28)42-23-33/h1-23H. The SMILES string of the molecule is c1cnc2c(c1)ccc1cc(-c3cc(-c4ccc5ccncc5c4)cc(-c4ccc5sc6ccccc6c5c4)c3)cnc12. The maximum Gasteiger partial charge on any atom is 0.0964 e. The van der Waals surface area contributed by atoms with Gasteiger partial charge in [-0.2, -0.15) is 0 Å². The molecule has 4 heterocycles. The molecule has 0 unspecified atom stereocenters. The van der Waals surface area contributed by atoms with Gasteiger partial charge in [-0.15, -0.1) is 11.3 Å². The van der Waals surface area contributed by atoms with Crippen molar-refractivity contribution in [1.82, 2.24) is 15.0 Å². The van der Waals surface area contributed by atoms with Crippen LogP contribution >= 0.6 is 11.3 Å². The predicted molar refractivity (Wildman–Crippen MR) is 182 cm³/mol. The number of hydrogen-bond donors (Lipinski definition) is 0. The topological polar surface area (TPSA) is 38.7 Å². The minimum Gasteiger partial charge on any atom is -0.264 e. The van der Waals surface area contributed by atoms with Crippen molar-refractivity contribution in [3.63, 3.8) is 0 Å². The number of nitrogens with zero attached hydrogens (tertiary/aromatic N) is 3. The molecule has 0 atom stereocenters. The normalized spacial score (nSPS) is 11.7. The molecule has 200 valence electrons. The largest absolute Gasteiger partial charge is 0.264 e. The van der Waals surface area contributed by atoms with Crippen molar-refractivity contribution in [2.24, 2.45) is 0 Å². The highest BCUT2D eigenvalue weighted by atomic mass is 32.1. The van der Waals surface area contributed by atoms with E-state index in [-0.39, 0.29) is 0 Å². The quantitative estimate of drug-likeness (QED) is 0.200. The summed E-state index contributed by atoms with van der Waals surface area (Å²) in [7, 11) is 0. The van der Waals surface area contributed by atoms with Crippen LogP contribution in [0.25, 0.3) is 86.1 Å². The fraction of sp³-hybridized carbons (Fsp3) is 0. The molecule has 0 aliphatic rings. The minimum atomic E-state index is 0.926. The van der Waals surface area contributed by atoms with Gasteiger partial charge < -0.3 is 0 Å². The van der Waals surface area contributed by atoms with Crippen LogP contribution in [0.4, 0.5) is 0 Å². The van der Waals surface area contributed by atoms with Gasteiger partial charge in [0.1, 0.15) is 0 Å².